The number of β-lactam (4-membered cyclic amide) rings is 1. The van der Waals surface area contributed by atoms with Crippen LogP contribution in [0.25, 0.3) is 0 Å². The largest absolute Gasteiger partial charge is 0.484 e. The molecule has 1 aromatic heterocycles. The molecule has 31 heavy (non-hydrogen) atoms. The van der Waals surface area contributed by atoms with Gasteiger partial charge in [0, 0.05) is 18.6 Å². The van der Waals surface area contributed by atoms with Crippen molar-refractivity contribution in [3.8, 4) is 5.75 Å². The van der Waals surface area contributed by atoms with Gasteiger partial charge in [-0.15, -0.1) is 16.9 Å². The van der Waals surface area contributed by atoms with Crippen LogP contribution in [0, 0.1) is 0 Å². The highest BCUT2D eigenvalue weighted by atomic mass is 32.2. The van der Waals surface area contributed by atoms with Gasteiger partial charge in [-0.2, -0.15) is 0 Å². The zero-order chi connectivity index (χ0) is 22.0. The molecule has 1 saturated heterocycles. The van der Waals surface area contributed by atoms with E-state index < -0.39 is 29.2 Å². The highest BCUT2D eigenvalue weighted by Gasteiger charge is 2.54. The van der Waals surface area contributed by atoms with Crippen LogP contribution in [0.4, 0.5) is 0 Å². The molecule has 1 unspecified atom stereocenters. The Balaban J connectivity index is 1.39. The van der Waals surface area contributed by atoms with Crippen LogP contribution in [-0.4, -0.2) is 77.5 Å². The molecule has 0 spiro atoms. The maximum atomic E-state index is 12.7. The summed E-state index contributed by atoms with van der Waals surface area (Å²) < 4.78 is 6.88. The number of nitrogens with one attached hydrogen (secondary N) is 1. The molecular weight excluding hydrogens is 444 g/mol. The molecule has 3 heterocycles. The van der Waals surface area contributed by atoms with E-state index in [-0.39, 0.29) is 12.3 Å². The number of ether oxygens (including phenoxy) is 1. The molecule has 0 aliphatic carbocycles. The number of para-hydroxylation sites is 1. The van der Waals surface area contributed by atoms with Crippen molar-refractivity contribution in [2.24, 2.45) is 7.05 Å². The third-order valence-electron chi connectivity index (χ3n) is 4.64. The minimum absolute atomic E-state index is 0.0394. The Kier molecular flexibility index (Phi) is 6.13. The molecule has 13 heteroatoms. The zero-order valence-electron chi connectivity index (χ0n) is 16.3. The first-order chi connectivity index (χ1) is 15.0. The fraction of sp³-hybridized carbons (Fsp3) is 0.333. The zero-order valence-corrected chi connectivity index (χ0v) is 17.9. The van der Waals surface area contributed by atoms with Gasteiger partial charge in [0.1, 0.15) is 22.9 Å². The summed E-state index contributed by atoms with van der Waals surface area (Å²) in [5.41, 5.74) is 0.565. The van der Waals surface area contributed by atoms with Crippen molar-refractivity contribution in [3.63, 3.8) is 0 Å². The average Bonchev–Trinajstić information content (AvgIpc) is 3.19. The average molecular weight is 463 g/mol. The molecule has 2 aliphatic rings. The first kappa shape index (κ1) is 21.2. The number of carboxylic acids is 1. The van der Waals surface area contributed by atoms with E-state index in [1.807, 2.05) is 6.07 Å². The molecule has 2 atom stereocenters. The van der Waals surface area contributed by atoms with Gasteiger partial charge in [-0.05, 0) is 28.1 Å². The SMILES string of the molecule is Cn1nnnc1SCC1=C(C(=O)O)N2C(=O)C(NC(=O)COc3ccccc3)[C@H]2SC1. The van der Waals surface area contributed by atoms with Crippen LogP contribution in [-0.2, 0) is 21.4 Å². The van der Waals surface area contributed by atoms with Gasteiger partial charge in [-0.25, -0.2) is 9.48 Å². The standard InChI is InChI=1S/C18H18N6O5S2/c1-23-18(20-21-22-23)31-9-10-8-30-16-13(15(26)24(16)14(10)17(27)28)19-12(25)7-29-11-5-3-2-4-6-11/h2-6,13,16H,7-9H2,1H3,(H,19,25)(H,27,28)/t13?,16-/m1/s1. The summed E-state index contributed by atoms with van der Waals surface area (Å²) in [6.45, 7) is -0.236. The van der Waals surface area contributed by atoms with E-state index in [4.69, 9.17) is 4.74 Å². The lowest BCUT2D eigenvalue weighted by molar-refractivity contribution is -0.150. The molecule has 11 nitrogen and oxygen atoms in total. The summed E-state index contributed by atoms with van der Waals surface area (Å²) in [4.78, 5) is 38.0. The first-order valence-electron chi connectivity index (χ1n) is 9.18. The van der Waals surface area contributed by atoms with Crippen molar-refractivity contribution < 1.29 is 24.2 Å². The van der Waals surface area contributed by atoms with E-state index in [1.54, 1.807) is 31.3 Å². The lowest BCUT2D eigenvalue weighted by atomic mass is 10.0. The number of rotatable bonds is 8. The lowest BCUT2D eigenvalue weighted by Gasteiger charge is -2.49. The Hall–Kier alpha value is -3.06. The van der Waals surface area contributed by atoms with Crippen molar-refractivity contribution >= 4 is 41.3 Å². The summed E-state index contributed by atoms with van der Waals surface area (Å²) in [6.07, 6.45) is 0. The number of hydrogen-bond donors (Lipinski definition) is 2. The number of nitrogens with zero attached hydrogens (tertiary/aromatic N) is 5. The molecule has 1 fully saturated rings. The molecule has 2 N–H and O–H groups in total. The molecule has 0 saturated carbocycles. The van der Waals surface area contributed by atoms with Gasteiger partial charge < -0.3 is 15.2 Å². The fourth-order valence-electron chi connectivity index (χ4n) is 3.17. The number of aliphatic carboxylic acids is 1. The van der Waals surface area contributed by atoms with Gasteiger partial charge in [-0.1, -0.05) is 30.0 Å². The third-order valence-corrected chi connectivity index (χ3v) is 7.07. The molecule has 2 aromatic rings. The highest BCUT2D eigenvalue weighted by molar-refractivity contribution is 8.01. The number of tetrazole rings is 1. The van der Waals surface area contributed by atoms with Gasteiger partial charge in [0.15, 0.2) is 6.61 Å². The molecular formula is C18H18N6O5S2. The first-order valence-corrected chi connectivity index (χ1v) is 11.2. The van der Waals surface area contributed by atoms with Gasteiger partial charge >= 0.3 is 5.97 Å². The van der Waals surface area contributed by atoms with Gasteiger partial charge in [0.2, 0.25) is 5.16 Å². The number of carboxylic acid groups (broad SMARTS) is 1. The number of carbonyl (C=O) groups excluding carboxylic acids is 2. The Morgan fingerprint density at radius 2 is 2.13 bits per heavy atom. The lowest BCUT2D eigenvalue weighted by Crippen LogP contribution is -2.70. The number of fused-ring (bicyclic) bond motifs is 1. The molecule has 1 aromatic carbocycles. The Bertz CT molecular complexity index is 1040. The predicted molar refractivity (Wildman–Crippen MR) is 111 cm³/mol. The second-order valence-electron chi connectivity index (χ2n) is 6.69. The maximum Gasteiger partial charge on any atom is 0.352 e. The second-order valence-corrected chi connectivity index (χ2v) is 8.74. The van der Waals surface area contributed by atoms with E-state index in [0.717, 1.165) is 0 Å². The van der Waals surface area contributed by atoms with Gasteiger partial charge in [0.25, 0.3) is 11.8 Å². The van der Waals surface area contributed by atoms with Crippen molar-refractivity contribution in [1.82, 2.24) is 30.4 Å². The summed E-state index contributed by atoms with van der Waals surface area (Å²) in [7, 11) is 1.69. The predicted octanol–water partition coefficient (Wildman–Crippen LogP) is 0.120. The van der Waals surface area contributed by atoms with Crippen molar-refractivity contribution in [1.29, 1.82) is 0 Å². The number of thioether (sulfide) groups is 2. The van der Waals surface area contributed by atoms with E-state index in [9.17, 15) is 19.5 Å². The number of aryl methyl sites for hydroxylation is 1. The minimum Gasteiger partial charge on any atom is -0.484 e. The van der Waals surface area contributed by atoms with Crippen LogP contribution < -0.4 is 10.1 Å². The number of benzene rings is 1. The van der Waals surface area contributed by atoms with E-state index in [0.29, 0.717) is 28.0 Å². The molecule has 0 bridgehead atoms. The van der Waals surface area contributed by atoms with Crippen molar-refractivity contribution in [2.45, 2.75) is 16.6 Å². The van der Waals surface area contributed by atoms with Crippen LogP contribution in [0.1, 0.15) is 0 Å². The van der Waals surface area contributed by atoms with Crippen LogP contribution in [0.2, 0.25) is 0 Å². The normalized spacial score (nSPS) is 20.2. The smallest absolute Gasteiger partial charge is 0.352 e. The highest BCUT2D eigenvalue weighted by Crippen LogP contribution is 2.41. The van der Waals surface area contributed by atoms with Gasteiger partial charge in [-0.3, -0.25) is 14.5 Å². The Morgan fingerprint density at radius 3 is 2.81 bits per heavy atom. The van der Waals surface area contributed by atoms with E-state index >= 15 is 0 Å². The van der Waals surface area contributed by atoms with Crippen LogP contribution in [0.3, 0.4) is 0 Å². The number of aromatic nitrogens is 4. The van der Waals surface area contributed by atoms with E-state index in [1.165, 1.54) is 33.1 Å². The molecule has 2 aliphatic heterocycles. The molecule has 0 radical (unpaired) electrons. The van der Waals surface area contributed by atoms with Crippen molar-refractivity contribution in [2.75, 3.05) is 18.1 Å². The van der Waals surface area contributed by atoms with E-state index in [2.05, 4.69) is 20.8 Å². The van der Waals surface area contributed by atoms with Crippen LogP contribution in [0.15, 0.2) is 46.8 Å². The Labute approximate surface area is 185 Å². The summed E-state index contributed by atoms with van der Waals surface area (Å²) in [5, 5.41) is 23.6. The molecule has 162 valence electrons. The van der Waals surface area contributed by atoms with Gasteiger partial charge in [0.05, 0.1) is 0 Å². The monoisotopic (exact) mass is 462 g/mol. The number of amides is 2. The minimum atomic E-state index is -1.18. The summed E-state index contributed by atoms with van der Waals surface area (Å²) in [6, 6.07) is 8.07. The quantitative estimate of drug-likeness (QED) is 0.411. The topological polar surface area (TPSA) is 140 Å². The second kappa shape index (κ2) is 8.98. The van der Waals surface area contributed by atoms with Crippen LogP contribution >= 0.6 is 23.5 Å². The fourth-order valence-corrected chi connectivity index (χ4v) is 5.51. The maximum absolute atomic E-state index is 12.7. The summed E-state index contributed by atoms with van der Waals surface area (Å²) >= 11 is 2.70. The van der Waals surface area contributed by atoms with Crippen LogP contribution in [0.5, 0.6) is 5.75 Å². The summed E-state index contributed by atoms with van der Waals surface area (Å²) in [5.74, 6) is -0.780. The Morgan fingerprint density at radius 1 is 1.35 bits per heavy atom. The molecule has 2 amide bonds. The van der Waals surface area contributed by atoms with Crippen molar-refractivity contribution in [3.05, 3.63) is 41.6 Å². The molecule has 4 rings (SSSR count). The number of carbonyl (C=O) groups is 3. The number of hydrogen-bond acceptors (Lipinski definition) is 9. The third kappa shape index (κ3) is 4.37.